The Balaban J connectivity index is 2.10. The van der Waals surface area contributed by atoms with Gasteiger partial charge in [-0.05, 0) is 48.7 Å². The Morgan fingerprint density at radius 2 is 1.47 bits per heavy atom. The van der Waals surface area contributed by atoms with E-state index in [-0.39, 0.29) is 19.7 Å². The zero-order chi connectivity index (χ0) is 25.0. The van der Waals surface area contributed by atoms with Gasteiger partial charge in [0.1, 0.15) is 0 Å². The van der Waals surface area contributed by atoms with Crippen molar-refractivity contribution >= 4 is 11.9 Å². The van der Waals surface area contributed by atoms with Crippen LogP contribution in [0, 0.1) is 11.8 Å². The van der Waals surface area contributed by atoms with Crippen molar-refractivity contribution in [2.45, 2.75) is 65.2 Å². The Hall–Kier alpha value is -3.27. The molecule has 0 unspecified atom stereocenters. The van der Waals surface area contributed by atoms with Gasteiger partial charge in [-0.15, -0.1) is 0 Å². The molecule has 182 valence electrons. The zero-order valence-electron chi connectivity index (χ0n) is 19.6. The molecule has 0 saturated heterocycles. The number of benzene rings is 2. The third kappa shape index (κ3) is 8.93. The van der Waals surface area contributed by atoms with Crippen molar-refractivity contribution in [1.29, 1.82) is 0 Å². The number of rotatable bonds is 9. The van der Waals surface area contributed by atoms with Crippen molar-refractivity contribution in [2.75, 3.05) is 6.61 Å². The molecule has 0 N–H and O–H groups in total. The molecule has 0 heterocycles. The summed E-state index contributed by atoms with van der Waals surface area (Å²) in [6.45, 7) is 3.87. The van der Waals surface area contributed by atoms with E-state index in [1.807, 2.05) is 24.3 Å². The van der Waals surface area contributed by atoms with E-state index in [1.54, 1.807) is 6.92 Å². The van der Waals surface area contributed by atoms with E-state index in [2.05, 4.69) is 18.8 Å². The van der Waals surface area contributed by atoms with E-state index in [4.69, 9.17) is 4.74 Å². The van der Waals surface area contributed by atoms with Gasteiger partial charge in [-0.25, -0.2) is 4.79 Å². The molecule has 7 heteroatoms. The molecule has 0 aliphatic heterocycles. The molecule has 34 heavy (non-hydrogen) atoms. The first-order chi connectivity index (χ1) is 16.2. The topological polar surface area (TPSA) is 46.6 Å². The predicted molar refractivity (Wildman–Crippen MR) is 124 cm³/mol. The first-order valence-corrected chi connectivity index (χ1v) is 11.4. The normalized spacial score (nSPS) is 10.9. The monoisotopic (exact) mass is 473 g/mol. The smallest absolute Gasteiger partial charge is 0.416 e. The summed E-state index contributed by atoms with van der Waals surface area (Å²) in [6.07, 6.45) is 1.05. The van der Waals surface area contributed by atoms with E-state index in [1.165, 1.54) is 36.3 Å². The van der Waals surface area contributed by atoms with Crippen LogP contribution in [0.3, 0.4) is 0 Å². The summed E-state index contributed by atoms with van der Waals surface area (Å²) in [6, 6.07) is 11.8. The van der Waals surface area contributed by atoms with Gasteiger partial charge in [-0.2, -0.15) is 13.2 Å². The summed E-state index contributed by atoms with van der Waals surface area (Å²) in [5.74, 6) is 4.43. The number of amides is 1. The molecule has 0 aliphatic carbocycles. The molecule has 0 aromatic heterocycles. The van der Waals surface area contributed by atoms with Crippen LogP contribution in [0.4, 0.5) is 13.2 Å². The maximum Gasteiger partial charge on any atom is 0.416 e. The van der Waals surface area contributed by atoms with Gasteiger partial charge in [-0.3, -0.25) is 4.79 Å². The van der Waals surface area contributed by atoms with Crippen molar-refractivity contribution in [2.24, 2.45) is 0 Å². The van der Waals surface area contributed by atoms with Crippen LogP contribution in [0.25, 0.3) is 0 Å². The minimum atomic E-state index is -4.45. The van der Waals surface area contributed by atoms with E-state index in [0.29, 0.717) is 5.56 Å². The van der Waals surface area contributed by atoms with Crippen molar-refractivity contribution in [3.05, 3.63) is 70.8 Å². The molecular formula is C27H30F3NO3. The van der Waals surface area contributed by atoms with Crippen LogP contribution in [-0.2, 0) is 33.6 Å². The lowest BCUT2D eigenvalue weighted by atomic mass is 10.1. The van der Waals surface area contributed by atoms with Gasteiger partial charge in [0, 0.05) is 25.1 Å². The largest absolute Gasteiger partial charge is 0.459 e. The molecule has 2 rings (SSSR count). The molecule has 2 aromatic rings. The summed E-state index contributed by atoms with van der Waals surface area (Å²) in [5.41, 5.74) is 1.31. The van der Waals surface area contributed by atoms with E-state index < -0.39 is 23.6 Å². The Morgan fingerprint density at radius 1 is 0.882 bits per heavy atom. The van der Waals surface area contributed by atoms with E-state index in [9.17, 15) is 22.8 Å². The SMILES string of the molecule is CCCCCCC#Cc1ccc(CN(Cc2ccc(C(F)(F)F)cc2)C(=O)C(=O)OCC)cc1. The predicted octanol–water partition coefficient (Wildman–Crippen LogP) is 6.12. The van der Waals surface area contributed by atoms with Gasteiger partial charge in [0.15, 0.2) is 0 Å². The Kier molecular flexibility index (Phi) is 10.7. The number of esters is 1. The maximum absolute atomic E-state index is 12.8. The number of unbranched alkanes of at least 4 members (excludes halogenated alkanes) is 4. The minimum absolute atomic E-state index is 0.0326. The van der Waals surface area contributed by atoms with Crippen molar-refractivity contribution in [3.63, 3.8) is 0 Å². The third-order valence-corrected chi connectivity index (χ3v) is 5.11. The second-order valence-electron chi connectivity index (χ2n) is 7.89. The molecular weight excluding hydrogens is 443 g/mol. The lowest BCUT2D eigenvalue weighted by Gasteiger charge is -2.22. The van der Waals surface area contributed by atoms with Gasteiger partial charge in [0.2, 0.25) is 0 Å². The fourth-order valence-electron chi connectivity index (χ4n) is 3.26. The fourth-order valence-corrected chi connectivity index (χ4v) is 3.26. The average Bonchev–Trinajstić information content (AvgIpc) is 2.81. The third-order valence-electron chi connectivity index (χ3n) is 5.11. The summed E-state index contributed by atoms with van der Waals surface area (Å²) >= 11 is 0. The highest BCUT2D eigenvalue weighted by atomic mass is 19.4. The summed E-state index contributed by atoms with van der Waals surface area (Å²) in [4.78, 5) is 25.9. The van der Waals surface area contributed by atoms with Gasteiger partial charge in [-0.1, -0.05) is 62.3 Å². The molecule has 0 saturated carbocycles. The Morgan fingerprint density at radius 3 is 2.00 bits per heavy atom. The van der Waals surface area contributed by atoms with E-state index >= 15 is 0 Å². The van der Waals surface area contributed by atoms with Gasteiger partial charge < -0.3 is 9.64 Å². The first-order valence-electron chi connectivity index (χ1n) is 11.4. The quantitative estimate of drug-likeness (QED) is 0.191. The Labute approximate surface area is 199 Å². The number of hydrogen-bond acceptors (Lipinski definition) is 3. The molecule has 0 atom stereocenters. The molecule has 0 spiro atoms. The molecule has 2 aromatic carbocycles. The van der Waals surface area contributed by atoms with E-state index in [0.717, 1.165) is 36.1 Å². The van der Waals surface area contributed by atoms with Crippen molar-refractivity contribution in [3.8, 4) is 11.8 Å². The maximum atomic E-state index is 12.8. The highest BCUT2D eigenvalue weighted by Crippen LogP contribution is 2.29. The highest BCUT2D eigenvalue weighted by molar-refractivity contribution is 6.32. The lowest BCUT2D eigenvalue weighted by Crippen LogP contribution is -2.36. The summed E-state index contributed by atoms with van der Waals surface area (Å²) in [7, 11) is 0. The Bertz CT molecular complexity index is 987. The number of halogens is 3. The highest BCUT2D eigenvalue weighted by Gasteiger charge is 2.30. The molecule has 0 radical (unpaired) electrons. The first kappa shape index (κ1) is 27.0. The van der Waals surface area contributed by atoms with Crippen LogP contribution in [0.15, 0.2) is 48.5 Å². The number of ether oxygens (including phenoxy) is 1. The van der Waals surface area contributed by atoms with Crippen LogP contribution in [0.5, 0.6) is 0 Å². The van der Waals surface area contributed by atoms with Gasteiger partial charge in [0.25, 0.3) is 0 Å². The van der Waals surface area contributed by atoms with Crippen LogP contribution >= 0.6 is 0 Å². The van der Waals surface area contributed by atoms with Crippen LogP contribution < -0.4 is 0 Å². The lowest BCUT2D eigenvalue weighted by molar-refractivity contribution is -0.160. The average molecular weight is 474 g/mol. The molecule has 4 nitrogen and oxygen atoms in total. The van der Waals surface area contributed by atoms with Crippen molar-refractivity contribution in [1.82, 2.24) is 4.90 Å². The summed E-state index contributed by atoms with van der Waals surface area (Å²) in [5, 5.41) is 0. The van der Waals surface area contributed by atoms with Crippen LogP contribution in [0.1, 0.15) is 68.2 Å². The number of hydrogen-bond donors (Lipinski definition) is 0. The molecule has 0 aliphatic rings. The molecule has 0 fully saturated rings. The van der Waals surface area contributed by atoms with Crippen LogP contribution in [-0.4, -0.2) is 23.4 Å². The summed E-state index contributed by atoms with van der Waals surface area (Å²) < 4.78 is 43.3. The second kappa shape index (κ2) is 13.4. The van der Waals surface area contributed by atoms with Crippen molar-refractivity contribution < 1.29 is 27.5 Å². The van der Waals surface area contributed by atoms with Gasteiger partial charge in [0.05, 0.1) is 12.2 Å². The zero-order valence-corrected chi connectivity index (χ0v) is 19.6. The molecule has 0 bridgehead atoms. The fraction of sp³-hybridized carbons (Fsp3) is 0.407. The number of carbonyl (C=O) groups is 2. The van der Waals surface area contributed by atoms with Crippen LogP contribution in [0.2, 0.25) is 0 Å². The molecule has 1 amide bonds. The second-order valence-corrected chi connectivity index (χ2v) is 7.89. The van der Waals surface area contributed by atoms with Gasteiger partial charge >= 0.3 is 18.1 Å². The standard InChI is InChI=1S/C27H30F3NO3/c1-3-5-6-7-8-9-10-21-11-13-22(14-12-21)19-31(25(32)26(33)34-4-2)20-23-15-17-24(18-16-23)27(28,29)30/h11-18H,3-8,19-20H2,1-2H3. The number of nitrogens with zero attached hydrogens (tertiary/aromatic N) is 1. The number of carbonyl (C=O) groups excluding carboxylic acids is 2. The number of alkyl halides is 3. The minimum Gasteiger partial charge on any atom is -0.459 e.